The van der Waals surface area contributed by atoms with Crippen LogP contribution in [0.4, 0.5) is 14.9 Å². The van der Waals surface area contributed by atoms with E-state index in [-0.39, 0.29) is 25.0 Å². The van der Waals surface area contributed by atoms with Crippen molar-refractivity contribution in [2.45, 2.75) is 6.61 Å². The molecule has 0 fully saturated rings. The molecule has 0 saturated carbocycles. The van der Waals surface area contributed by atoms with Crippen molar-refractivity contribution in [3.63, 3.8) is 0 Å². The number of esters is 1. The molecule has 1 aromatic heterocycles. The van der Waals surface area contributed by atoms with E-state index in [0.29, 0.717) is 0 Å². The van der Waals surface area contributed by atoms with Crippen molar-refractivity contribution in [3.8, 4) is 5.69 Å². The molecular weight excluding hydrogens is 365 g/mol. The van der Waals surface area contributed by atoms with Gasteiger partial charge >= 0.3 is 12.1 Å². The van der Waals surface area contributed by atoms with Gasteiger partial charge in [0.15, 0.2) is 5.82 Å². The number of halogens is 1. The Morgan fingerprint density at radius 2 is 2.04 bits per heavy atom. The van der Waals surface area contributed by atoms with Crippen LogP contribution in [-0.4, -0.2) is 21.8 Å². The van der Waals surface area contributed by atoms with Gasteiger partial charge in [-0.2, -0.15) is 5.10 Å². The van der Waals surface area contributed by atoms with Crippen LogP contribution in [0.5, 0.6) is 0 Å². The summed E-state index contributed by atoms with van der Waals surface area (Å²) in [7, 11) is 0. The number of hydrogen-bond donors (Lipinski definition) is 1. The van der Waals surface area contributed by atoms with Crippen LogP contribution < -0.4 is 5.32 Å². The Labute approximate surface area is 161 Å². The maximum atomic E-state index is 14.4. The van der Waals surface area contributed by atoms with Crippen LogP contribution >= 0.6 is 0 Å². The molecule has 1 N–H and O–H groups in total. The first-order valence-corrected chi connectivity index (χ1v) is 8.21. The number of amides is 1. The number of aromatic nitrogens is 2. The van der Waals surface area contributed by atoms with E-state index in [0.717, 1.165) is 17.9 Å². The molecule has 1 heterocycles. The van der Waals surface area contributed by atoms with Crippen LogP contribution in [-0.2, 0) is 16.1 Å². The second-order valence-corrected chi connectivity index (χ2v) is 5.60. The summed E-state index contributed by atoms with van der Waals surface area (Å²) in [5.74, 6) is -1.30. The molecule has 7 nitrogen and oxygen atoms in total. The van der Waals surface area contributed by atoms with Crippen molar-refractivity contribution in [1.29, 1.82) is 0 Å². The van der Waals surface area contributed by atoms with Crippen LogP contribution in [0.3, 0.4) is 0 Å². The minimum absolute atomic E-state index is 0. The van der Waals surface area contributed by atoms with Crippen LogP contribution in [0, 0.1) is 5.82 Å². The van der Waals surface area contributed by atoms with Gasteiger partial charge in [-0.3, -0.25) is 5.32 Å². The number of ether oxygens (including phenoxy) is 2. The molecule has 0 atom stereocenters. The maximum absolute atomic E-state index is 14.4. The van der Waals surface area contributed by atoms with Crippen LogP contribution in [0.1, 0.15) is 17.3 Å². The lowest BCUT2D eigenvalue weighted by molar-refractivity contribution is 0.0664. The highest BCUT2D eigenvalue weighted by Gasteiger charge is 2.13. The van der Waals surface area contributed by atoms with Gasteiger partial charge in [0.25, 0.3) is 0 Å². The molecule has 3 rings (SSSR count). The molecule has 1 amide bonds. The molecule has 28 heavy (non-hydrogen) atoms. The molecule has 144 valence electrons. The zero-order valence-electron chi connectivity index (χ0n) is 14.7. The van der Waals surface area contributed by atoms with Crippen molar-refractivity contribution in [2.75, 3.05) is 5.32 Å². The van der Waals surface area contributed by atoms with Crippen LogP contribution in [0.25, 0.3) is 5.69 Å². The fourth-order valence-electron chi connectivity index (χ4n) is 2.35. The quantitative estimate of drug-likeness (QED) is 0.507. The minimum atomic E-state index is -0.704. The molecule has 0 saturated heterocycles. The van der Waals surface area contributed by atoms with Crippen LogP contribution in [0.15, 0.2) is 73.8 Å². The number of carbonyl (C=O) groups is 2. The van der Waals surface area contributed by atoms with Gasteiger partial charge in [0.2, 0.25) is 0 Å². The maximum Gasteiger partial charge on any atom is 0.411 e. The van der Waals surface area contributed by atoms with Gasteiger partial charge in [0.05, 0.1) is 18.0 Å². The summed E-state index contributed by atoms with van der Waals surface area (Å²) in [6.07, 6.45) is 2.87. The number of nitrogens with zero attached hydrogens (tertiary/aromatic N) is 2. The van der Waals surface area contributed by atoms with Gasteiger partial charge in [-0.1, -0.05) is 36.9 Å². The lowest BCUT2D eigenvalue weighted by Gasteiger charge is -2.09. The first kappa shape index (κ1) is 18.8. The summed E-state index contributed by atoms with van der Waals surface area (Å²) in [5.41, 5.74) is 1.30. The Bertz CT molecular complexity index is 1010. The van der Waals surface area contributed by atoms with Gasteiger partial charge < -0.3 is 9.47 Å². The fourth-order valence-corrected chi connectivity index (χ4v) is 2.35. The lowest BCUT2D eigenvalue weighted by Crippen LogP contribution is -2.14. The topological polar surface area (TPSA) is 82.5 Å². The minimum Gasteiger partial charge on any atom is -0.444 e. The summed E-state index contributed by atoms with van der Waals surface area (Å²) in [5, 5.41) is 6.39. The van der Waals surface area contributed by atoms with Gasteiger partial charge in [0, 0.05) is 13.3 Å². The standard InChI is InChI=1S/C20H16FN3O4.H2/c1-2-27-19(25)15-11-22-24(12-15)18-9-8-16(10-17(18)21)23-20(26)28-13-14-6-4-3-5-7-14;/h2-12H,1,13H2,(H,23,26);1H. The van der Waals surface area contributed by atoms with Gasteiger partial charge in [-0.05, 0) is 23.8 Å². The molecule has 0 aliphatic rings. The molecule has 8 heteroatoms. The van der Waals surface area contributed by atoms with E-state index in [2.05, 4.69) is 21.7 Å². The predicted molar refractivity (Wildman–Crippen MR) is 101 cm³/mol. The molecule has 0 radical (unpaired) electrons. The SMILES string of the molecule is C=COC(=O)c1cnn(-c2ccc(NC(=O)OCc3ccccc3)cc2F)c1.[HH]. The lowest BCUT2D eigenvalue weighted by atomic mass is 10.2. The predicted octanol–water partition coefficient (Wildman–Crippen LogP) is 4.31. The van der Waals surface area contributed by atoms with E-state index in [1.807, 2.05) is 30.3 Å². The summed E-state index contributed by atoms with van der Waals surface area (Å²) in [4.78, 5) is 23.5. The Morgan fingerprint density at radius 3 is 2.75 bits per heavy atom. The van der Waals surface area contributed by atoms with Gasteiger partial charge in [0.1, 0.15) is 12.3 Å². The van der Waals surface area contributed by atoms with Gasteiger partial charge in [-0.25, -0.2) is 18.7 Å². The highest BCUT2D eigenvalue weighted by Crippen LogP contribution is 2.19. The largest absolute Gasteiger partial charge is 0.444 e. The third-order valence-electron chi connectivity index (χ3n) is 3.66. The summed E-state index contributed by atoms with van der Waals surface area (Å²) in [6.45, 7) is 3.40. The van der Waals surface area contributed by atoms with E-state index in [1.165, 1.54) is 29.2 Å². The van der Waals surface area contributed by atoms with Crippen molar-refractivity contribution >= 4 is 17.7 Å². The molecule has 2 aromatic carbocycles. The molecular formula is C20H18FN3O4. The zero-order chi connectivity index (χ0) is 19.9. The number of anilines is 1. The average molecular weight is 383 g/mol. The summed E-state index contributed by atoms with van der Waals surface area (Å²) < 4.78 is 25.3. The molecule has 0 bridgehead atoms. The average Bonchev–Trinajstić information content (AvgIpc) is 3.17. The van der Waals surface area contributed by atoms with E-state index in [4.69, 9.17) is 4.74 Å². The second-order valence-electron chi connectivity index (χ2n) is 5.60. The molecule has 0 aliphatic heterocycles. The number of rotatable bonds is 6. The van der Waals surface area contributed by atoms with Crippen molar-refractivity contribution in [2.24, 2.45) is 0 Å². The van der Waals surface area contributed by atoms with Gasteiger partial charge in [-0.15, -0.1) is 0 Å². The summed E-state index contributed by atoms with van der Waals surface area (Å²) >= 11 is 0. The number of carbonyl (C=O) groups excluding carboxylic acids is 2. The van der Waals surface area contributed by atoms with E-state index < -0.39 is 17.9 Å². The van der Waals surface area contributed by atoms with Crippen molar-refractivity contribution in [3.05, 3.63) is 90.7 Å². The van der Waals surface area contributed by atoms with E-state index in [1.54, 1.807) is 0 Å². The smallest absolute Gasteiger partial charge is 0.411 e. The van der Waals surface area contributed by atoms with E-state index >= 15 is 0 Å². The third-order valence-corrected chi connectivity index (χ3v) is 3.66. The zero-order valence-corrected chi connectivity index (χ0v) is 14.7. The molecule has 0 unspecified atom stereocenters. The number of hydrogen-bond acceptors (Lipinski definition) is 5. The highest BCUT2D eigenvalue weighted by molar-refractivity contribution is 5.89. The normalized spacial score (nSPS) is 10.2. The number of nitrogens with one attached hydrogen (secondary N) is 1. The Kier molecular flexibility index (Phi) is 5.81. The summed E-state index contributed by atoms with van der Waals surface area (Å²) in [6, 6.07) is 13.2. The molecule has 3 aromatic rings. The highest BCUT2D eigenvalue weighted by atomic mass is 19.1. The fraction of sp³-hybridized carbons (Fsp3) is 0.0500. The Balaban J connectivity index is 0.00000300. The monoisotopic (exact) mass is 383 g/mol. The van der Waals surface area contributed by atoms with E-state index in [9.17, 15) is 14.0 Å². The molecule has 0 aliphatic carbocycles. The first-order chi connectivity index (χ1) is 13.6. The molecule has 0 spiro atoms. The number of benzene rings is 2. The van der Waals surface area contributed by atoms with Crippen molar-refractivity contribution < 1.29 is 24.9 Å². The Hall–Kier alpha value is -3.94. The Morgan fingerprint density at radius 1 is 1.25 bits per heavy atom. The van der Waals surface area contributed by atoms with Crippen molar-refractivity contribution in [1.82, 2.24) is 9.78 Å². The third kappa shape index (κ3) is 4.61. The second kappa shape index (κ2) is 8.63. The first-order valence-electron chi connectivity index (χ1n) is 8.21. The van der Waals surface area contributed by atoms with Crippen LogP contribution in [0.2, 0.25) is 0 Å².